The van der Waals surface area contributed by atoms with E-state index in [0.717, 1.165) is 10.9 Å². The number of hydrogen-bond donors (Lipinski definition) is 7. The normalized spacial score (nSPS) is 13.2. The number of carboxylic acids is 2. The van der Waals surface area contributed by atoms with E-state index in [2.05, 4.69) is 20.9 Å². The maximum absolute atomic E-state index is 13.4. The second kappa shape index (κ2) is 13.0. The number of carboxylic acid groups (broad SMARTS) is 2. The minimum absolute atomic E-state index is 0.0101. The summed E-state index contributed by atoms with van der Waals surface area (Å²) in [5.41, 5.74) is 7.92. The van der Waals surface area contributed by atoms with Crippen LogP contribution in [0.15, 0.2) is 60.8 Å². The van der Waals surface area contributed by atoms with Crippen molar-refractivity contribution in [1.82, 2.24) is 20.9 Å². The highest BCUT2D eigenvalue weighted by Gasteiger charge is 2.30. The van der Waals surface area contributed by atoms with Crippen LogP contribution in [-0.4, -0.2) is 69.5 Å². The Morgan fingerprint density at radius 2 is 1.42 bits per heavy atom. The number of H-pyrrole nitrogens is 1. The number of para-hydroxylation sites is 1. The first-order valence-electron chi connectivity index (χ1n) is 11.8. The van der Waals surface area contributed by atoms with Gasteiger partial charge in [-0.3, -0.25) is 24.0 Å². The van der Waals surface area contributed by atoms with Gasteiger partial charge in [0.15, 0.2) is 0 Å². The van der Waals surface area contributed by atoms with Crippen LogP contribution < -0.4 is 21.7 Å². The average molecular weight is 524 g/mol. The minimum atomic E-state index is -1.40. The summed E-state index contributed by atoms with van der Waals surface area (Å²) < 4.78 is 0. The molecule has 0 radical (unpaired) electrons. The predicted octanol–water partition coefficient (Wildman–Crippen LogP) is -0.0745. The Hall–Kier alpha value is -4.71. The summed E-state index contributed by atoms with van der Waals surface area (Å²) in [5, 5.41) is 26.1. The number of nitrogens with two attached hydrogens (primary N) is 1. The molecule has 12 heteroatoms. The van der Waals surface area contributed by atoms with Crippen LogP contribution in [0.5, 0.6) is 0 Å². The van der Waals surface area contributed by atoms with Crippen LogP contribution >= 0.6 is 0 Å². The molecule has 8 N–H and O–H groups in total. The molecule has 3 unspecified atom stereocenters. The molecule has 0 fully saturated rings. The van der Waals surface area contributed by atoms with Crippen molar-refractivity contribution in [3.05, 3.63) is 71.9 Å². The van der Waals surface area contributed by atoms with Gasteiger partial charge in [0, 0.05) is 29.9 Å². The second-order valence-corrected chi connectivity index (χ2v) is 8.69. The monoisotopic (exact) mass is 523 g/mol. The Kier molecular flexibility index (Phi) is 9.54. The zero-order valence-electron chi connectivity index (χ0n) is 20.3. The summed E-state index contributed by atoms with van der Waals surface area (Å²) in [7, 11) is 0. The molecule has 3 atom stereocenters. The maximum atomic E-state index is 13.4. The molecule has 1 aromatic heterocycles. The number of nitrogens with one attached hydrogen (secondary N) is 4. The smallest absolute Gasteiger partial charge is 0.322 e. The molecule has 0 saturated heterocycles. The molecule has 3 aromatic rings. The van der Waals surface area contributed by atoms with Gasteiger partial charge < -0.3 is 36.9 Å². The van der Waals surface area contributed by atoms with E-state index in [1.807, 2.05) is 24.3 Å². The van der Waals surface area contributed by atoms with Gasteiger partial charge in [-0.25, -0.2) is 0 Å². The van der Waals surface area contributed by atoms with E-state index in [1.165, 1.54) is 0 Å². The van der Waals surface area contributed by atoms with Crippen molar-refractivity contribution in [3.8, 4) is 0 Å². The molecular weight excluding hydrogens is 494 g/mol. The fourth-order valence-corrected chi connectivity index (χ4v) is 3.91. The predicted molar refractivity (Wildman–Crippen MR) is 137 cm³/mol. The topological polar surface area (TPSA) is 204 Å². The number of carbonyl (C=O) groups excluding carboxylic acids is 3. The van der Waals surface area contributed by atoms with Crippen LogP contribution in [0.3, 0.4) is 0 Å². The Morgan fingerprint density at radius 3 is 2.11 bits per heavy atom. The third-order valence-electron chi connectivity index (χ3n) is 5.79. The molecule has 1 heterocycles. The quantitative estimate of drug-likeness (QED) is 0.161. The third kappa shape index (κ3) is 7.90. The number of aliphatic carboxylic acids is 2. The molecule has 0 aliphatic rings. The standard InChI is InChI=1S/C26H29N5O7/c27-18(12-22(32)33)24(36)30-21(11-16-13-28-19-9-5-4-8-17(16)19)26(38)31-20(25(37)29-14-23(34)35)10-15-6-2-1-3-7-15/h1-9,13,18,20-21,28H,10-12,14,27H2,(H,29,37)(H,30,36)(H,31,38)(H,32,33)(H,34,35). The SMILES string of the molecule is NC(CC(=O)O)C(=O)NC(Cc1c[nH]c2ccccc12)C(=O)NC(Cc1ccccc1)C(=O)NCC(=O)O. The van der Waals surface area contributed by atoms with E-state index < -0.39 is 60.8 Å². The van der Waals surface area contributed by atoms with Crippen molar-refractivity contribution in [3.63, 3.8) is 0 Å². The number of fused-ring (bicyclic) bond motifs is 1. The lowest BCUT2D eigenvalue weighted by atomic mass is 10.0. The molecule has 12 nitrogen and oxygen atoms in total. The maximum Gasteiger partial charge on any atom is 0.322 e. The zero-order chi connectivity index (χ0) is 27.7. The van der Waals surface area contributed by atoms with E-state index in [9.17, 15) is 24.0 Å². The Bertz CT molecular complexity index is 1310. The summed E-state index contributed by atoms with van der Waals surface area (Å²) in [6.45, 7) is -0.639. The van der Waals surface area contributed by atoms with Gasteiger partial charge in [0.1, 0.15) is 18.6 Å². The highest BCUT2D eigenvalue weighted by atomic mass is 16.4. The Balaban J connectivity index is 1.85. The number of benzene rings is 2. The van der Waals surface area contributed by atoms with Crippen molar-refractivity contribution in [2.75, 3.05) is 6.54 Å². The molecular formula is C26H29N5O7. The highest BCUT2D eigenvalue weighted by Crippen LogP contribution is 2.19. The van der Waals surface area contributed by atoms with E-state index in [-0.39, 0.29) is 12.8 Å². The molecule has 0 aliphatic carbocycles. The summed E-state index contributed by atoms with van der Waals surface area (Å²) in [5.74, 6) is -4.81. The van der Waals surface area contributed by atoms with Gasteiger partial charge in [-0.2, -0.15) is 0 Å². The molecule has 200 valence electrons. The van der Waals surface area contributed by atoms with Gasteiger partial charge in [0.2, 0.25) is 17.7 Å². The van der Waals surface area contributed by atoms with Crippen molar-refractivity contribution in [2.45, 2.75) is 37.4 Å². The van der Waals surface area contributed by atoms with Crippen LogP contribution in [0.25, 0.3) is 10.9 Å². The summed E-state index contributed by atoms with van der Waals surface area (Å²) in [4.78, 5) is 63.9. The van der Waals surface area contributed by atoms with Crippen LogP contribution in [0.4, 0.5) is 0 Å². The van der Waals surface area contributed by atoms with Crippen LogP contribution in [0.1, 0.15) is 17.5 Å². The van der Waals surface area contributed by atoms with Gasteiger partial charge in [-0.1, -0.05) is 48.5 Å². The molecule has 0 aliphatic heterocycles. The van der Waals surface area contributed by atoms with E-state index >= 15 is 0 Å². The van der Waals surface area contributed by atoms with Crippen LogP contribution in [-0.2, 0) is 36.8 Å². The van der Waals surface area contributed by atoms with E-state index in [1.54, 1.807) is 36.5 Å². The number of aromatic nitrogens is 1. The molecule has 2 aromatic carbocycles. The highest BCUT2D eigenvalue weighted by molar-refractivity contribution is 5.95. The van der Waals surface area contributed by atoms with Gasteiger partial charge in [-0.05, 0) is 17.2 Å². The fourth-order valence-electron chi connectivity index (χ4n) is 3.91. The molecule has 38 heavy (non-hydrogen) atoms. The number of amides is 3. The van der Waals surface area contributed by atoms with Crippen LogP contribution in [0.2, 0.25) is 0 Å². The third-order valence-corrected chi connectivity index (χ3v) is 5.79. The number of rotatable bonds is 13. The largest absolute Gasteiger partial charge is 0.481 e. The van der Waals surface area contributed by atoms with Crippen LogP contribution in [0, 0.1) is 0 Å². The summed E-state index contributed by atoms with van der Waals surface area (Å²) in [6.07, 6.45) is 1.12. The Labute approximate surface area is 217 Å². The molecule has 0 bridgehead atoms. The average Bonchev–Trinajstić information content (AvgIpc) is 3.29. The first-order valence-corrected chi connectivity index (χ1v) is 11.8. The number of carbonyl (C=O) groups is 5. The first kappa shape index (κ1) is 27.9. The van der Waals surface area contributed by atoms with Crippen molar-refractivity contribution in [1.29, 1.82) is 0 Å². The van der Waals surface area contributed by atoms with E-state index in [0.29, 0.717) is 11.1 Å². The Morgan fingerprint density at radius 1 is 0.789 bits per heavy atom. The van der Waals surface area contributed by atoms with Gasteiger partial charge in [-0.15, -0.1) is 0 Å². The lowest BCUT2D eigenvalue weighted by Crippen LogP contribution is -2.57. The van der Waals surface area contributed by atoms with Gasteiger partial charge >= 0.3 is 11.9 Å². The van der Waals surface area contributed by atoms with Gasteiger partial charge in [0.05, 0.1) is 12.5 Å². The van der Waals surface area contributed by atoms with Gasteiger partial charge in [0.25, 0.3) is 0 Å². The molecule has 3 amide bonds. The van der Waals surface area contributed by atoms with Crippen molar-refractivity contribution >= 4 is 40.6 Å². The molecule has 0 saturated carbocycles. The fraction of sp³-hybridized carbons (Fsp3) is 0.269. The molecule has 3 rings (SSSR count). The van der Waals surface area contributed by atoms with Crippen molar-refractivity contribution in [2.24, 2.45) is 5.73 Å². The van der Waals surface area contributed by atoms with E-state index in [4.69, 9.17) is 15.9 Å². The lowest BCUT2D eigenvalue weighted by Gasteiger charge is -2.24. The van der Waals surface area contributed by atoms with Crippen molar-refractivity contribution < 1.29 is 34.2 Å². The number of hydrogen-bond acceptors (Lipinski definition) is 6. The first-order chi connectivity index (χ1) is 18.1. The minimum Gasteiger partial charge on any atom is -0.481 e. The summed E-state index contributed by atoms with van der Waals surface area (Å²) in [6, 6.07) is 12.4. The zero-order valence-corrected chi connectivity index (χ0v) is 20.3. The molecule has 0 spiro atoms. The summed E-state index contributed by atoms with van der Waals surface area (Å²) >= 11 is 0. The number of aromatic amines is 1. The second-order valence-electron chi connectivity index (χ2n) is 8.69. The lowest BCUT2D eigenvalue weighted by molar-refractivity contribution is -0.139.